The summed E-state index contributed by atoms with van der Waals surface area (Å²) in [4.78, 5) is 28.9. The Bertz CT molecular complexity index is 1110. The van der Waals surface area contributed by atoms with Crippen molar-refractivity contribution in [1.82, 2.24) is 4.90 Å². The Labute approximate surface area is 213 Å². The van der Waals surface area contributed by atoms with Crippen molar-refractivity contribution >= 4 is 17.4 Å². The molecule has 8 nitrogen and oxygen atoms in total. The predicted octanol–water partition coefficient (Wildman–Crippen LogP) is 1.50. The topological polar surface area (TPSA) is 92.6 Å². The minimum Gasteiger partial charge on any atom is -0.872 e. The molecule has 1 unspecified atom stereocenters. The molecule has 2 aromatic carbocycles. The molecule has 0 radical (unpaired) electrons. The van der Waals surface area contributed by atoms with Gasteiger partial charge < -0.3 is 29.1 Å². The van der Waals surface area contributed by atoms with Gasteiger partial charge in [-0.05, 0) is 48.2 Å². The second-order valence-corrected chi connectivity index (χ2v) is 9.50. The van der Waals surface area contributed by atoms with E-state index >= 15 is 0 Å². The SMILES string of the molecule is CCOc1ccc(C2/C(=C(\[O-])c3ccc(OCC(C)C)cc3)C(=O)C(=O)N2CC[NH+](C)C)cc1OC. The lowest BCUT2D eigenvalue weighted by Crippen LogP contribution is -3.06. The Morgan fingerprint density at radius 2 is 1.75 bits per heavy atom. The third-order valence-electron chi connectivity index (χ3n) is 5.89. The normalized spacial score (nSPS) is 17.2. The van der Waals surface area contributed by atoms with Gasteiger partial charge >= 0.3 is 0 Å². The summed E-state index contributed by atoms with van der Waals surface area (Å²) >= 11 is 0. The highest BCUT2D eigenvalue weighted by Gasteiger charge is 2.44. The molecular formula is C28H36N2O6. The number of hydrogen-bond acceptors (Lipinski definition) is 6. The highest BCUT2D eigenvalue weighted by atomic mass is 16.5. The van der Waals surface area contributed by atoms with Gasteiger partial charge in [-0.1, -0.05) is 37.8 Å². The van der Waals surface area contributed by atoms with Crippen LogP contribution in [-0.4, -0.2) is 64.1 Å². The molecule has 1 aliphatic rings. The number of rotatable bonds is 11. The summed E-state index contributed by atoms with van der Waals surface area (Å²) in [5, 5.41) is 13.6. The van der Waals surface area contributed by atoms with Crippen LogP contribution in [0, 0.1) is 5.92 Å². The van der Waals surface area contributed by atoms with Gasteiger partial charge in [0.1, 0.15) is 5.75 Å². The summed E-state index contributed by atoms with van der Waals surface area (Å²) in [5.41, 5.74) is 0.880. The van der Waals surface area contributed by atoms with Gasteiger partial charge in [-0.15, -0.1) is 0 Å². The monoisotopic (exact) mass is 496 g/mol. The van der Waals surface area contributed by atoms with Gasteiger partial charge in [0.05, 0.1) is 53.6 Å². The summed E-state index contributed by atoms with van der Waals surface area (Å²) < 4.78 is 16.8. The van der Waals surface area contributed by atoms with Crippen LogP contribution in [-0.2, 0) is 9.59 Å². The number of carbonyl (C=O) groups excluding carboxylic acids is 2. The summed E-state index contributed by atoms with van der Waals surface area (Å²) in [6.45, 7) is 7.94. The van der Waals surface area contributed by atoms with Gasteiger partial charge in [0, 0.05) is 5.57 Å². The first kappa shape index (κ1) is 27.1. The smallest absolute Gasteiger partial charge is 0.295 e. The Morgan fingerprint density at radius 1 is 1.06 bits per heavy atom. The molecule has 1 atom stereocenters. The van der Waals surface area contributed by atoms with Crippen molar-refractivity contribution < 1.29 is 33.8 Å². The van der Waals surface area contributed by atoms with Crippen molar-refractivity contribution in [2.75, 3.05) is 47.5 Å². The molecule has 1 saturated heterocycles. The van der Waals surface area contributed by atoms with E-state index in [1.807, 2.05) is 21.0 Å². The maximum atomic E-state index is 13.6. The average Bonchev–Trinajstić information content (AvgIpc) is 3.11. The number of carbonyl (C=O) groups is 2. The van der Waals surface area contributed by atoms with E-state index in [2.05, 4.69) is 13.8 Å². The molecule has 0 aromatic heterocycles. The van der Waals surface area contributed by atoms with Gasteiger partial charge in [-0.2, -0.15) is 0 Å². The molecular weight excluding hydrogens is 460 g/mol. The van der Waals surface area contributed by atoms with Gasteiger partial charge in [0.2, 0.25) is 5.78 Å². The quantitative estimate of drug-likeness (QED) is 0.288. The van der Waals surface area contributed by atoms with Crippen LogP contribution in [0.25, 0.3) is 5.76 Å². The van der Waals surface area contributed by atoms with Crippen molar-refractivity contribution in [1.29, 1.82) is 0 Å². The second-order valence-electron chi connectivity index (χ2n) is 9.50. The first-order valence-corrected chi connectivity index (χ1v) is 12.3. The number of methoxy groups -OCH3 is 1. The van der Waals surface area contributed by atoms with Crippen molar-refractivity contribution in [3.05, 3.63) is 59.2 Å². The molecule has 0 saturated carbocycles. The number of likely N-dealkylation sites (tertiary alicyclic amines) is 1. The zero-order valence-corrected chi connectivity index (χ0v) is 21.9. The van der Waals surface area contributed by atoms with Gasteiger partial charge in [0.15, 0.2) is 11.5 Å². The summed E-state index contributed by atoms with van der Waals surface area (Å²) in [6.07, 6.45) is 0. The molecule has 1 aliphatic heterocycles. The highest BCUT2D eigenvalue weighted by molar-refractivity contribution is 6.46. The lowest BCUT2D eigenvalue weighted by molar-refractivity contribution is -0.857. The molecule has 194 valence electrons. The van der Waals surface area contributed by atoms with Crippen LogP contribution in [0.2, 0.25) is 0 Å². The number of Topliss-reactive ketones (excluding diaryl/α,β-unsaturated/α-hetero) is 1. The number of amides is 1. The minimum absolute atomic E-state index is 0.0594. The van der Waals surface area contributed by atoms with Crippen molar-refractivity contribution in [3.8, 4) is 17.2 Å². The lowest BCUT2D eigenvalue weighted by Gasteiger charge is -2.28. The standard InChI is InChI=1S/C28H36N2O6/c1-7-35-22-13-10-20(16-23(22)34-6)25-24(27(32)28(33)30(25)15-14-29(4)5)26(31)19-8-11-21(12-9-19)36-17-18(2)3/h8-13,16,18,25,31H,7,14-15,17H2,1-6H3/b26-24+. The van der Waals surface area contributed by atoms with Crippen LogP contribution in [0.4, 0.5) is 0 Å². The number of benzene rings is 2. The van der Waals surface area contributed by atoms with Crippen molar-refractivity contribution in [2.45, 2.75) is 26.8 Å². The van der Waals surface area contributed by atoms with Crippen LogP contribution in [0.1, 0.15) is 37.9 Å². The van der Waals surface area contributed by atoms with Crippen LogP contribution in [0.3, 0.4) is 0 Å². The molecule has 1 fully saturated rings. The number of likely N-dealkylation sites (N-methyl/N-ethyl adjacent to an activating group) is 1. The molecule has 1 heterocycles. The van der Waals surface area contributed by atoms with E-state index in [0.717, 1.165) is 4.90 Å². The fourth-order valence-corrected chi connectivity index (χ4v) is 4.04. The van der Waals surface area contributed by atoms with Crippen LogP contribution in [0.15, 0.2) is 48.0 Å². The van der Waals surface area contributed by atoms with Crippen LogP contribution >= 0.6 is 0 Å². The van der Waals surface area contributed by atoms with Gasteiger partial charge in [-0.3, -0.25) is 9.59 Å². The zero-order valence-electron chi connectivity index (χ0n) is 21.9. The number of nitrogens with one attached hydrogen (secondary N) is 1. The maximum Gasteiger partial charge on any atom is 0.295 e. The summed E-state index contributed by atoms with van der Waals surface area (Å²) in [6, 6.07) is 11.1. The first-order valence-electron chi connectivity index (χ1n) is 12.3. The van der Waals surface area contributed by atoms with Gasteiger partial charge in [0.25, 0.3) is 5.91 Å². The molecule has 1 N–H and O–H groups in total. The van der Waals surface area contributed by atoms with E-state index < -0.39 is 23.5 Å². The summed E-state index contributed by atoms with van der Waals surface area (Å²) in [7, 11) is 5.46. The van der Waals surface area contributed by atoms with E-state index in [0.29, 0.717) is 60.6 Å². The number of ketones is 1. The predicted molar refractivity (Wildman–Crippen MR) is 135 cm³/mol. The van der Waals surface area contributed by atoms with Crippen LogP contribution < -0.4 is 24.2 Å². The molecule has 36 heavy (non-hydrogen) atoms. The Hall–Kier alpha value is -3.52. The molecule has 1 amide bonds. The Kier molecular flexibility index (Phi) is 8.98. The fourth-order valence-electron chi connectivity index (χ4n) is 4.04. The van der Waals surface area contributed by atoms with Crippen molar-refractivity contribution in [2.24, 2.45) is 5.92 Å². The molecule has 2 aromatic rings. The number of hydrogen-bond donors (Lipinski definition) is 1. The van der Waals surface area contributed by atoms with E-state index in [4.69, 9.17) is 14.2 Å². The number of ether oxygens (including phenoxy) is 3. The van der Waals surface area contributed by atoms with Crippen molar-refractivity contribution in [3.63, 3.8) is 0 Å². The lowest BCUT2D eigenvalue weighted by atomic mass is 9.95. The third-order valence-corrected chi connectivity index (χ3v) is 5.89. The maximum absolute atomic E-state index is 13.6. The summed E-state index contributed by atoms with van der Waals surface area (Å²) in [5.74, 6) is 0.113. The molecule has 3 rings (SSSR count). The van der Waals surface area contributed by atoms with E-state index in [1.165, 1.54) is 12.0 Å². The molecule has 8 heteroatoms. The number of quaternary nitrogens is 1. The highest BCUT2D eigenvalue weighted by Crippen LogP contribution is 2.41. The molecule has 0 spiro atoms. The minimum atomic E-state index is -0.821. The van der Waals surface area contributed by atoms with E-state index in [-0.39, 0.29) is 5.57 Å². The van der Waals surface area contributed by atoms with E-state index in [9.17, 15) is 14.7 Å². The molecule has 0 aliphatic carbocycles. The largest absolute Gasteiger partial charge is 0.872 e. The Morgan fingerprint density at radius 3 is 2.33 bits per heavy atom. The first-order chi connectivity index (χ1) is 17.2. The van der Waals surface area contributed by atoms with Crippen LogP contribution in [0.5, 0.6) is 17.2 Å². The second kappa shape index (κ2) is 11.9. The van der Waals surface area contributed by atoms with E-state index in [1.54, 1.807) is 42.5 Å². The fraction of sp³-hybridized carbons (Fsp3) is 0.429. The molecule has 0 bridgehead atoms. The zero-order chi connectivity index (χ0) is 26.4. The average molecular weight is 497 g/mol. The third kappa shape index (κ3) is 5.99. The Balaban J connectivity index is 2.08. The van der Waals surface area contributed by atoms with Gasteiger partial charge in [-0.25, -0.2) is 0 Å². The number of nitrogens with zero attached hydrogens (tertiary/aromatic N) is 1.